The summed E-state index contributed by atoms with van der Waals surface area (Å²) in [5.74, 6) is 1.48. The largest absolute Gasteiger partial charge is 0.490 e. The first kappa shape index (κ1) is 19.6. The van der Waals surface area contributed by atoms with E-state index in [1.54, 1.807) is 0 Å². The van der Waals surface area contributed by atoms with Gasteiger partial charge in [0, 0.05) is 23.9 Å². The number of quaternary nitrogens is 1. The molecule has 4 rings (SSSR count). The molecule has 2 aromatic carbocycles. The average Bonchev–Trinajstić information content (AvgIpc) is 2.96. The number of ether oxygens (including phenoxy) is 2. The van der Waals surface area contributed by atoms with E-state index in [1.807, 2.05) is 18.2 Å². The number of hydrogen-bond acceptors (Lipinski definition) is 4. The molecule has 0 aliphatic carbocycles. The number of hydrogen-bond donors (Lipinski definition) is 2. The van der Waals surface area contributed by atoms with Gasteiger partial charge in [0.25, 0.3) is 5.91 Å². The standard InChI is InChI=1S/C23H29N3O3/c1-17-5-3-6-20(18(17)2)26-11-9-25(10-12-26)16-23(27)24-19-7-8-21-22(15-19)29-14-4-13-28-21/h3,5-8,15H,4,9-14,16H2,1-2H3,(H,24,27)/p+1. The van der Waals surface area contributed by atoms with Crippen LogP contribution in [0.15, 0.2) is 36.4 Å². The maximum absolute atomic E-state index is 12.5. The van der Waals surface area contributed by atoms with Crippen molar-refractivity contribution in [2.24, 2.45) is 0 Å². The molecule has 2 heterocycles. The number of nitrogens with zero attached hydrogens (tertiary/aromatic N) is 1. The van der Waals surface area contributed by atoms with E-state index in [4.69, 9.17) is 9.47 Å². The zero-order chi connectivity index (χ0) is 20.2. The third kappa shape index (κ3) is 4.65. The lowest BCUT2D eigenvalue weighted by molar-refractivity contribution is -0.892. The van der Waals surface area contributed by atoms with Crippen LogP contribution in [0.2, 0.25) is 0 Å². The van der Waals surface area contributed by atoms with Crippen LogP contribution in [0.1, 0.15) is 17.5 Å². The van der Waals surface area contributed by atoms with Gasteiger partial charge in [0.2, 0.25) is 0 Å². The fourth-order valence-electron chi connectivity index (χ4n) is 3.99. The topological polar surface area (TPSA) is 55.2 Å². The number of nitrogens with one attached hydrogen (secondary N) is 2. The Kier molecular flexibility index (Phi) is 5.90. The molecule has 6 heteroatoms. The van der Waals surface area contributed by atoms with Gasteiger partial charge < -0.3 is 24.6 Å². The maximum Gasteiger partial charge on any atom is 0.279 e. The summed E-state index contributed by atoms with van der Waals surface area (Å²) in [6, 6.07) is 12.1. The number of anilines is 2. The minimum atomic E-state index is 0.0367. The van der Waals surface area contributed by atoms with E-state index in [-0.39, 0.29) is 5.91 Å². The van der Waals surface area contributed by atoms with Crippen molar-refractivity contribution in [2.75, 3.05) is 56.2 Å². The Morgan fingerprint density at radius 1 is 1.07 bits per heavy atom. The van der Waals surface area contributed by atoms with E-state index in [2.05, 4.69) is 42.3 Å². The summed E-state index contributed by atoms with van der Waals surface area (Å²) in [4.78, 5) is 16.3. The molecule has 2 aliphatic heterocycles. The number of rotatable bonds is 4. The number of aryl methyl sites for hydroxylation is 1. The lowest BCUT2D eigenvalue weighted by atomic mass is 10.1. The van der Waals surface area contributed by atoms with Crippen LogP contribution < -0.4 is 24.6 Å². The Labute approximate surface area is 172 Å². The molecule has 2 N–H and O–H groups in total. The van der Waals surface area contributed by atoms with E-state index in [0.717, 1.165) is 44.0 Å². The number of fused-ring (bicyclic) bond motifs is 1. The highest BCUT2D eigenvalue weighted by molar-refractivity contribution is 5.91. The number of amides is 1. The van der Waals surface area contributed by atoms with Gasteiger partial charge in [0.1, 0.15) is 0 Å². The summed E-state index contributed by atoms with van der Waals surface area (Å²) in [5.41, 5.74) is 4.75. The highest BCUT2D eigenvalue weighted by Gasteiger charge is 2.23. The van der Waals surface area contributed by atoms with Crippen molar-refractivity contribution in [1.82, 2.24) is 0 Å². The van der Waals surface area contributed by atoms with Gasteiger partial charge in [-0.3, -0.25) is 4.79 Å². The average molecular weight is 397 g/mol. The highest BCUT2D eigenvalue weighted by Crippen LogP contribution is 2.32. The molecule has 6 nitrogen and oxygen atoms in total. The van der Waals surface area contributed by atoms with Gasteiger partial charge in [-0.15, -0.1) is 0 Å². The fraction of sp³-hybridized carbons (Fsp3) is 0.435. The first-order chi connectivity index (χ1) is 14.1. The molecule has 1 saturated heterocycles. The molecule has 0 radical (unpaired) electrons. The van der Waals surface area contributed by atoms with E-state index in [0.29, 0.717) is 25.5 Å². The minimum Gasteiger partial charge on any atom is -0.490 e. The summed E-state index contributed by atoms with van der Waals surface area (Å²) < 4.78 is 11.4. The van der Waals surface area contributed by atoms with Crippen LogP contribution in [0.4, 0.5) is 11.4 Å². The lowest BCUT2D eigenvalue weighted by Crippen LogP contribution is -3.15. The van der Waals surface area contributed by atoms with Gasteiger partial charge in [-0.05, 0) is 43.2 Å². The molecule has 0 bridgehead atoms. The van der Waals surface area contributed by atoms with Crippen LogP contribution in [0.25, 0.3) is 0 Å². The van der Waals surface area contributed by atoms with Crippen molar-refractivity contribution in [1.29, 1.82) is 0 Å². The first-order valence-electron chi connectivity index (χ1n) is 10.4. The number of benzene rings is 2. The normalized spacial score (nSPS) is 17.0. The van der Waals surface area contributed by atoms with Crippen LogP contribution in [0.3, 0.4) is 0 Å². The van der Waals surface area contributed by atoms with Crippen molar-refractivity contribution < 1.29 is 19.2 Å². The van der Waals surface area contributed by atoms with Crippen LogP contribution in [-0.4, -0.2) is 51.8 Å². The summed E-state index contributed by atoms with van der Waals surface area (Å²) in [5, 5.41) is 3.01. The lowest BCUT2D eigenvalue weighted by Gasteiger charge is -2.34. The summed E-state index contributed by atoms with van der Waals surface area (Å²) in [6.07, 6.45) is 0.869. The Bertz CT molecular complexity index is 876. The monoisotopic (exact) mass is 396 g/mol. The predicted octanol–water partition coefficient (Wildman–Crippen LogP) is 1.81. The SMILES string of the molecule is Cc1cccc(N2CC[NH+](CC(=O)Nc3ccc4c(c3)OCCCO4)CC2)c1C. The van der Waals surface area contributed by atoms with E-state index < -0.39 is 0 Å². The second-order valence-corrected chi connectivity index (χ2v) is 7.89. The van der Waals surface area contributed by atoms with Gasteiger partial charge in [0.15, 0.2) is 18.0 Å². The van der Waals surface area contributed by atoms with Gasteiger partial charge in [-0.1, -0.05) is 12.1 Å². The molecule has 0 spiro atoms. The van der Waals surface area contributed by atoms with Crippen molar-refractivity contribution >= 4 is 17.3 Å². The minimum absolute atomic E-state index is 0.0367. The van der Waals surface area contributed by atoms with Crippen LogP contribution in [0, 0.1) is 13.8 Å². The Balaban J connectivity index is 1.30. The fourth-order valence-corrected chi connectivity index (χ4v) is 3.99. The third-order valence-corrected chi connectivity index (χ3v) is 5.83. The second-order valence-electron chi connectivity index (χ2n) is 7.89. The van der Waals surface area contributed by atoms with Gasteiger partial charge >= 0.3 is 0 Å². The molecule has 1 amide bonds. The quantitative estimate of drug-likeness (QED) is 0.828. The summed E-state index contributed by atoms with van der Waals surface area (Å²) >= 11 is 0. The van der Waals surface area contributed by atoms with Crippen molar-refractivity contribution in [2.45, 2.75) is 20.3 Å². The van der Waals surface area contributed by atoms with Crippen molar-refractivity contribution in [3.63, 3.8) is 0 Å². The highest BCUT2D eigenvalue weighted by atomic mass is 16.5. The molecule has 2 aliphatic rings. The molecule has 0 atom stereocenters. The molecule has 29 heavy (non-hydrogen) atoms. The number of piperazine rings is 1. The van der Waals surface area contributed by atoms with Crippen LogP contribution in [0.5, 0.6) is 11.5 Å². The molecule has 2 aromatic rings. The molecule has 154 valence electrons. The van der Waals surface area contributed by atoms with E-state index >= 15 is 0 Å². The van der Waals surface area contributed by atoms with Crippen LogP contribution >= 0.6 is 0 Å². The van der Waals surface area contributed by atoms with Crippen LogP contribution in [-0.2, 0) is 4.79 Å². The van der Waals surface area contributed by atoms with Crippen molar-refractivity contribution in [3.8, 4) is 11.5 Å². The molecular weight excluding hydrogens is 366 g/mol. The molecule has 1 fully saturated rings. The molecule has 0 aromatic heterocycles. The first-order valence-corrected chi connectivity index (χ1v) is 10.4. The molecule has 0 saturated carbocycles. The Hall–Kier alpha value is -2.73. The predicted molar refractivity (Wildman–Crippen MR) is 114 cm³/mol. The summed E-state index contributed by atoms with van der Waals surface area (Å²) in [7, 11) is 0. The number of carbonyl (C=O) groups excluding carboxylic acids is 1. The van der Waals surface area contributed by atoms with Gasteiger partial charge in [-0.2, -0.15) is 0 Å². The second kappa shape index (κ2) is 8.74. The Morgan fingerprint density at radius 3 is 2.62 bits per heavy atom. The Morgan fingerprint density at radius 2 is 1.83 bits per heavy atom. The molecular formula is C23H30N3O3+. The smallest absolute Gasteiger partial charge is 0.279 e. The van der Waals surface area contributed by atoms with E-state index in [9.17, 15) is 4.79 Å². The summed E-state index contributed by atoms with van der Waals surface area (Å²) in [6.45, 7) is 9.99. The maximum atomic E-state index is 12.5. The van der Waals surface area contributed by atoms with Crippen molar-refractivity contribution in [3.05, 3.63) is 47.5 Å². The number of carbonyl (C=O) groups is 1. The molecule has 0 unspecified atom stereocenters. The van der Waals surface area contributed by atoms with Gasteiger partial charge in [-0.25, -0.2) is 0 Å². The zero-order valence-electron chi connectivity index (χ0n) is 17.3. The zero-order valence-corrected chi connectivity index (χ0v) is 17.3. The van der Waals surface area contributed by atoms with Gasteiger partial charge in [0.05, 0.1) is 39.4 Å². The third-order valence-electron chi connectivity index (χ3n) is 5.83. The van der Waals surface area contributed by atoms with E-state index in [1.165, 1.54) is 21.7 Å².